The molecule has 0 bridgehead atoms. The number of piperidine rings is 1. The smallest absolute Gasteiger partial charge is 0.211 e. The first-order chi connectivity index (χ1) is 13.9. The number of anilines is 1. The van der Waals surface area contributed by atoms with Crippen LogP contribution < -0.4 is 4.90 Å². The Balaban J connectivity index is 1.23. The van der Waals surface area contributed by atoms with E-state index in [2.05, 4.69) is 46.7 Å². The lowest BCUT2D eigenvalue weighted by molar-refractivity contribution is 0.128. The molecule has 7 heteroatoms. The van der Waals surface area contributed by atoms with Crippen LogP contribution in [0.3, 0.4) is 0 Å². The maximum Gasteiger partial charge on any atom is 0.211 e. The summed E-state index contributed by atoms with van der Waals surface area (Å²) in [5, 5.41) is 0. The zero-order valence-corrected chi connectivity index (χ0v) is 18.2. The number of hydrogen-bond acceptors (Lipinski definition) is 5. The van der Waals surface area contributed by atoms with Gasteiger partial charge >= 0.3 is 0 Å². The number of piperazine rings is 1. The van der Waals surface area contributed by atoms with E-state index in [0.717, 1.165) is 64.2 Å². The molecule has 0 saturated carbocycles. The van der Waals surface area contributed by atoms with Gasteiger partial charge in [-0.1, -0.05) is 24.8 Å². The second kappa shape index (κ2) is 8.28. The van der Waals surface area contributed by atoms with Crippen LogP contribution in [0.15, 0.2) is 42.7 Å². The molecule has 1 aromatic carbocycles. The van der Waals surface area contributed by atoms with Crippen molar-refractivity contribution < 1.29 is 13.2 Å². The van der Waals surface area contributed by atoms with E-state index in [9.17, 15) is 8.42 Å². The Labute approximate surface area is 175 Å². The monoisotopic (exact) mass is 419 g/mol. The highest BCUT2D eigenvalue weighted by Gasteiger charge is 2.47. The molecule has 1 spiro atoms. The maximum atomic E-state index is 11.8. The van der Waals surface area contributed by atoms with Gasteiger partial charge < -0.3 is 9.64 Å². The summed E-state index contributed by atoms with van der Waals surface area (Å²) in [5.41, 5.74) is 1.28. The van der Waals surface area contributed by atoms with E-state index >= 15 is 0 Å². The molecule has 3 aliphatic heterocycles. The van der Waals surface area contributed by atoms with E-state index in [1.54, 1.807) is 4.31 Å². The number of para-hydroxylation sites is 1. The van der Waals surface area contributed by atoms with Crippen molar-refractivity contribution in [1.29, 1.82) is 0 Å². The first-order valence-electron chi connectivity index (χ1n) is 10.7. The number of sulfonamides is 1. The summed E-state index contributed by atoms with van der Waals surface area (Å²) in [4.78, 5) is 4.98. The quantitative estimate of drug-likeness (QED) is 0.734. The van der Waals surface area contributed by atoms with Gasteiger partial charge in [-0.15, -0.1) is 0 Å². The largest absolute Gasteiger partial charge is 0.495 e. The highest BCUT2D eigenvalue weighted by Crippen LogP contribution is 2.49. The molecule has 3 heterocycles. The number of hydrogen-bond donors (Lipinski definition) is 0. The van der Waals surface area contributed by atoms with Gasteiger partial charge in [-0.2, -0.15) is 0 Å². The predicted molar refractivity (Wildman–Crippen MR) is 116 cm³/mol. The van der Waals surface area contributed by atoms with Gasteiger partial charge in [0.25, 0.3) is 0 Å². The standard InChI is InChI=1S/C22H33N3O3S/c1-19-22(9-12-25(13-10-22)29(2,26)27)18-21(28-19)8-11-23-14-16-24(17-15-23)20-6-4-3-5-7-20/h3-7,21H,1,8-18H2,2H3/t21-/m1/s1. The van der Waals surface area contributed by atoms with Crippen molar-refractivity contribution in [2.45, 2.75) is 31.8 Å². The minimum Gasteiger partial charge on any atom is -0.495 e. The molecule has 4 rings (SSSR count). The van der Waals surface area contributed by atoms with Gasteiger partial charge in [-0.05, 0) is 37.8 Å². The maximum absolute atomic E-state index is 11.8. The fourth-order valence-corrected chi connectivity index (χ4v) is 5.85. The second-order valence-electron chi connectivity index (χ2n) is 8.76. The molecule has 0 radical (unpaired) electrons. The summed E-state index contributed by atoms with van der Waals surface area (Å²) < 4.78 is 31.3. The lowest BCUT2D eigenvalue weighted by Gasteiger charge is -2.37. The Hall–Kier alpha value is -1.57. The fraction of sp³-hybridized carbons (Fsp3) is 0.636. The van der Waals surface area contributed by atoms with E-state index < -0.39 is 10.0 Å². The summed E-state index contributed by atoms with van der Waals surface area (Å²) >= 11 is 0. The highest BCUT2D eigenvalue weighted by atomic mass is 32.2. The van der Waals surface area contributed by atoms with Crippen molar-refractivity contribution >= 4 is 15.7 Å². The summed E-state index contributed by atoms with van der Waals surface area (Å²) in [6.45, 7) is 10.7. The molecule has 3 saturated heterocycles. The molecule has 3 fully saturated rings. The van der Waals surface area contributed by atoms with Crippen molar-refractivity contribution in [2.24, 2.45) is 5.41 Å². The van der Waals surface area contributed by atoms with E-state index in [4.69, 9.17) is 4.74 Å². The minimum atomic E-state index is -3.10. The SMILES string of the molecule is C=C1O[C@H](CCN2CCN(c3ccccc3)CC2)CC12CCN(S(C)(=O)=O)CC2. The molecule has 1 atom stereocenters. The third-order valence-corrected chi connectivity index (χ3v) is 8.23. The van der Waals surface area contributed by atoms with Crippen LogP contribution in [0.2, 0.25) is 0 Å². The third-order valence-electron chi connectivity index (χ3n) is 6.93. The lowest BCUT2D eigenvalue weighted by Crippen LogP contribution is -2.47. The molecular weight excluding hydrogens is 386 g/mol. The molecule has 0 aromatic heterocycles. The van der Waals surface area contributed by atoms with E-state index in [0.29, 0.717) is 13.1 Å². The van der Waals surface area contributed by atoms with E-state index in [1.807, 2.05) is 0 Å². The molecule has 0 amide bonds. The Morgan fingerprint density at radius 1 is 1.07 bits per heavy atom. The number of ether oxygens (including phenoxy) is 1. The molecule has 160 valence electrons. The average molecular weight is 420 g/mol. The lowest BCUT2D eigenvalue weighted by atomic mass is 9.75. The van der Waals surface area contributed by atoms with Crippen LogP contribution >= 0.6 is 0 Å². The van der Waals surface area contributed by atoms with Crippen molar-refractivity contribution in [3.63, 3.8) is 0 Å². The van der Waals surface area contributed by atoms with Crippen LogP contribution in [0.5, 0.6) is 0 Å². The summed E-state index contributed by atoms with van der Waals surface area (Å²) in [6.07, 6.45) is 5.15. The van der Waals surface area contributed by atoms with Gasteiger partial charge in [0, 0.05) is 56.9 Å². The molecule has 6 nitrogen and oxygen atoms in total. The topological polar surface area (TPSA) is 53.1 Å². The normalized spacial score (nSPS) is 26.0. The number of allylic oxidation sites excluding steroid dienone is 1. The van der Waals surface area contributed by atoms with Crippen LogP contribution in [0.4, 0.5) is 5.69 Å². The first-order valence-corrected chi connectivity index (χ1v) is 12.5. The summed E-state index contributed by atoms with van der Waals surface area (Å²) in [6, 6.07) is 10.6. The van der Waals surface area contributed by atoms with E-state index in [1.165, 1.54) is 11.9 Å². The zero-order valence-electron chi connectivity index (χ0n) is 17.4. The third kappa shape index (κ3) is 4.62. The molecular formula is C22H33N3O3S. The Morgan fingerprint density at radius 3 is 2.34 bits per heavy atom. The molecule has 0 unspecified atom stereocenters. The molecule has 0 aliphatic carbocycles. The van der Waals surface area contributed by atoms with Gasteiger partial charge in [0.15, 0.2) is 0 Å². The average Bonchev–Trinajstić information content (AvgIpc) is 3.02. The Bertz CT molecular complexity index is 811. The molecule has 3 aliphatic rings. The predicted octanol–water partition coefficient (Wildman–Crippen LogP) is 2.54. The van der Waals surface area contributed by atoms with Crippen molar-refractivity contribution in [2.75, 3.05) is 57.0 Å². The highest BCUT2D eigenvalue weighted by molar-refractivity contribution is 7.88. The fourth-order valence-electron chi connectivity index (χ4n) is 5.00. The van der Waals surface area contributed by atoms with E-state index in [-0.39, 0.29) is 11.5 Å². The van der Waals surface area contributed by atoms with Gasteiger partial charge in [0.05, 0.1) is 12.0 Å². The number of nitrogens with zero attached hydrogens (tertiary/aromatic N) is 3. The summed E-state index contributed by atoms with van der Waals surface area (Å²) in [5.74, 6) is 0.879. The van der Waals surface area contributed by atoms with Gasteiger partial charge in [-0.3, -0.25) is 4.90 Å². The van der Waals surface area contributed by atoms with Crippen LogP contribution in [-0.2, 0) is 14.8 Å². The summed E-state index contributed by atoms with van der Waals surface area (Å²) in [7, 11) is -3.10. The van der Waals surface area contributed by atoms with Gasteiger partial charge in [0.1, 0.15) is 6.10 Å². The van der Waals surface area contributed by atoms with Crippen LogP contribution in [-0.4, -0.2) is 75.8 Å². The number of rotatable bonds is 5. The van der Waals surface area contributed by atoms with Crippen molar-refractivity contribution in [1.82, 2.24) is 9.21 Å². The zero-order chi connectivity index (χ0) is 20.5. The molecule has 29 heavy (non-hydrogen) atoms. The number of benzene rings is 1. The molecule has 0 N–H and O–H groups in total. The molecule has 1 aromatic rings. The van der Waals surface area contributed by atoms with Crippen molar-refractivity contribution in [3.8, 4) is 0 Å². The Morgan fingerprint density at radius 2 is 1.72 bits per heavy atom. The minimum absolute atomic E-state index is 0.0299. The van der Waals surface area contributed by atoms with Gasteiger partial charge in [-0.25, -0.2) is 12.7 Å². The van der Waals surface area contributed by atoms with Crippen LogP contribution in [0, 0.1) is 5.41 Å². The van der Waals surface area contributed by atoms with Gasteiger partial charge in [0.2, 0.25) is 10.0 Å². The van der Waals surface area contributed by atoms with Crippen LogP contribution in [0.1, 0.15) is 25.7 Å². The van der Waals surface area contributed by atoms with Crippen LogP contribution in [0.25, 0.3) is 0 Å². The van der Waals surface area contributed by atoms with Crippen molar-refractivity contribution in [3.05, 3.63) is 42.7 Å². The Kier molecular flexibility index (Phi) is 5.91. The second-order valence-corrected chi connectivity index (χ2v) is 10.7. The first kappa shape index (κ1) is 20.7.